The molecule has 2 fully saturated rings. The molecule has 2 saturated carbocycles. The van der Waals surface area contributed by atoms with Crippen LogP contribution in [0.4, 0.5) is 13.2 Å². The van der Waals surface area contributed by atoms with Gasteiger partial charge in [-0.1, -0.05) is 18.6 Å². The molecule has 0 aromatic heterocycles. The van der Waals surface area contributed by atoms with Crippen molar-refractivity contribution in [3.8, 4) is 0 Å². The van der Waals surface area contributed by atoms with Crippen molar-refractivity contribution in [1.29, 1.82) is 0 Å². The summed E-state index contributed by atoms with van der Waals surface area (Å²) in [5.74, 6) is -4.30. The molecule has 3 N–H and O–H groups in total. The lowest BCUT2D eigenvalue weighted by atomic mass is 9.72. The first-order chi connectivity index (χ1) is 10.4. The molecule has 3 nitrogen and oxygen atoms in total. The molecule has 1 atom stereocenters. The van der Waals surface area contributed by atoms with Crippen LogP contribution in [0.1, 0.15) is 36.8 Å². The van der Waals surface area contributed by atoms with Gasteiger partial charge in [-0.3, -0.25) is 4.79 Å². The van der Waals surface area contributed by atoms with Gasteiger partial charge in [0.1, 0.15) is 11.2 Å². The van der Waals surface area contributed by atoms with Crippen LogP contribution in [0.5, 0.6) is 0 Å². The normalized spacial score (nSPS) is 26.4. The number of benzene rings is 1. The minimum Gasteiger partial charge on any atom is -0.351 e. The fourth-order valence-corrected chi connectivity index (χ4v) is 3.28. The minimum absolute atomic E-state index is 0.0833. The number of nitrogens with one attached hydrogen (secondary N) is 1. The Bertz CT molecular complexity index is 601. The van der Waals surface area contributed by atoms with Gasteiger partial charge in [0.25, 0.3) is 5.92 Å². The average molecular weight is 312 g/mol. The first-order valence-corrected chi connectivity index (χ1v) is 7.54. The van der Waals surface area contributed by atoms with Crippen molar-refractivity contribution >= 4 is 5.91 Å². The zero-order valence-corrected chi connectivity index (χ0v) is 12.2. The lowest BCUT2D eigenvalue weighted by molar-refractivity contribution is -0.135. The maximum atomic E-state index is 13.8. The number of alkyl halides is 2. The zero-order chi connectivity index (χ0) is 16.0. The van der Waals surface area contributed by atoms with E-state index < -0.39 is 23.1 Å². The summed E-state index contributed by atoms with van der Waals surface area (Å²) in [7, 11) is 0. The third-order valence-electron chi connectivity index (χ3n) is 5.03. The van der Waals surface area contributed by atoms with Crippen LogP contribution in [0, 0.1) is 17.2 Å². The molecule has 0 bridgehead atoms. The van der Waals surface area contributed by atoms with Gasteiger partial charge >= 0.3 is 0 Å². The molecule has 2 aliphatic rings. The third kappa shape index (κ3) is 2.29. The molecule has 0 radical (unpaired) electrons. The van der Waals surface area contributed by atoms with Gasteiger partial charge in [0, 0.05) is 25.1 Å². The second-order valence-corrected chi connectivity index (χ2v) is 6.29. The maximum Gasteiger partial charge on any atom is 0.264 e. The largest absolute Gasteiger partial charge is 0.351 e. The summed E-state index contributed by atoms with van der Waals surface area (Å²) in [4.78, 5) is 12.3. The molecular formula is C16H19F3N2O. The molecule has 1 amide bonds. The molecule has 6 heteroatoms. The predicted molar refractivity (Wildman–Crippen MR) is 75.5 cm³/mol. The van der Waals surface area contributed by atoms with Crippen LogP contribution < -0.4 is 11.1 Å². The molecule has 120 valence electrons. The highest BCUT2D eigenvalue weighted by Crippen LogP contribution is 2.68. The summed E-state index contributed by atoms with van der Waals surface area (Å²) in [6, 6.07) is 4.49. The van der Waals surface area contributed by atoms with Gasteiger partial charge < -0.3 is 11.1 Å². The quantitative estimate of drug-likeness (QED) is 0.878. The monoisotopic (exact) mass is 312 g/mol. The van der Waals surface area contributed by atoms with Crippen LogP contribution in [-0.2, 0) is 17.9 Å². The molecule has 0 heterocycles. The molecule has 0 saturated heterocycles. The van der Waals surface area contributed by atoms with E-state index in [1.165, 1.54) is 12.1 Å². The van der Waals surface area contributed by atoms with Gasteiger partial charge in [0.15, 0.2) is 0 Å². The van der Waals surface area contributed by atoms with E-state index in [0.717, 1.165) is 6.42 Å². The maximum absolute atomic E-state index is 13.8. The van der Waals surface area contributed by atoms with E-state index >= 15 is 0 Å². The third-order valence-corrected chi connectivity index (χ3v) is 5.03. The van der Waals surface area contributed by atoms with Crippen LogP contribution in [0.3, 0.4) is 0 Å². The topological polar surface area (TPSA) is 55.1 Å². The summed E-state index contributed by atoms with van der Waals surface area (Å²) >= 11 is 0. The Morgan fingerprint density at radius 2 is 2.05 bits per heavy atom. The Morgan fingerprint density at radius 1 is 1.36 bits per heavy atom. The molecule has 1 aromatic rings. The Labute approximate surface area is 127 Å². The van der Waals surface area contributed by atoms with Crippen molar-refractivity contribution in [3.63, 3.8) is 0 Å². The van der Waals surface area contributed by atoms with Gasteiger partial charge in [-0.2, -0.15) is 0 Å². The Morgan fingerprint density at radius 3 is 2.50 bits per heavy atom. The van der Waals surface area contributed by atoms with E-state index in [4.69, 9.17) is 5.73 Å². The van der Waals surface area contributed by atoms with Gasteiger partial charge in [0.2, 0.25) is 5.91 Å². The van der Waals surface area contributed by atoms with Crippen molar-refractivity contribution < 1.29 is 18.0 Å². The number of hydrogen-bond donors (Lipinski definition) is 2. The predicted octanol–water partition coefficient (Wildman–Crippen LogP) is 2.73. The highest BCUT2D eigenvalue weighted by molar-refractivity contribution is 5.88. The minimum atomic E-state index is -2.93. The van der Waals surface area contributed by atoms with Crippen LogP contribution in [-0.4, -0.2) is 11.8 Å². The summed E-state index contributed by atoms with van der Waals surface area (Å²) in [6.45, 7) is 0.140. The average Bonchev–Trinajstić information content (AvgIpc) is 2.98. The summed E-state index contributed by atoms with van der Waals surface area (Å²) in [5, 5.41) is 2.49. The van der Waals surface area contributed by atoms with Crippen LogP contribution >= 0.6 is 0 Å². The first-order valence-electron chi connectivity index (χ1n) is 7.54. The lowest BCUT2D eigenvalue weighted by Crippen LogP contribution is -2.42. The number of nitrogens with two attached hydrogens (primary N) is 1. The van der Waals surface area contributed by atoms with Gasteiger partial charge in [-0.15, -0.1) is 0 Å². The molecule has 0 spiro atoms. The Kier molecular flexibility index (Phi) is 3.67. The molecule has 1 unspecified atom stereocenters. The lowest BCUT2D eigenvalue weighted by Gasteiger charge is -2.33. The number of rotatable bonds is 5. The van der Waals surface area contributed by atoms with E-state index in [2.05, 4.69) is 5.32 Å². The number of carbonyl (C=O) groups excluding carboxylic acids is 1. The Hall–Kier alpha value is -1.56. The first kappa shape index (κ1) is 15.3. The van der Waals surface area contributed by atoms with E-state index in [0.29, 0.717) is 18.4 Å². The smallest absolute Gasteiger partial charge is 0.264 e. The fourth-order valence-electron chi connectivity index (χ4n) is 3.28. The summed E-state index contributed by atoms with van der Waals surface area (Å²) in [5.41, 5.74) is 4.79. The number of hydrogen-bond acceptors (Lipinski definition) is 2. The molecule has 3 rings (SSSR count). The second-order valence-electron chi connectivity index (χ2n) is 6.29. The van der Waals surface area contributed by atoms with Crippen molar-refractivity contribution in [1.82, 2.24) is 5.32 Å². The summed E-state index contributed by atoms with van der Waals surface area (Å²) in [6.07, 6.45) is 1.85. The van der Waals surface area contributed by atoms with Crippen molar-refractivity contribution in [2.24, 2.45) is 17.1 Å². The Balaban J connectivity index is 1.67. The SMILES string of the molecule is NCc1ccc(CNC(=O)C2(C3CCC3)CC2(F)F)c(F)c1. The van der Waals surface area contributed by atoms with Crippen LogP contribution in [0.15, 0.2) is 18.2 Å². The van der Waals surface area contributed by atoms with E-state index in [1.807, 2.05) is 0 Å². The van der Waals surface area contributed by atoms with Gasteiger partial charge in [-0.25, -0.2) is 13.2 Å². The van der Waals surface area contributed by atoms with Gasteiger partial charge in [-0.05, 0) is 30.4 Å². The highest BCUT2D eigenvalue weighted by atomic mass is 19.3. The molecule has 22 heavy (non-hydrogen) atoms. The second kappa shape index (κ2) is 5.26. The molecule has 1 aromatic carbocycles. The van der Waals surface area contributed by atoms with Crippen molar-refractivity contribution in [3.05, 3.63) is 35.1 Å². The van der Waals surface area contributed by atoms with Crippen LogP contribution in [0.2, 0.25) is 0 Å². The van der Waals surface area contributed by atoms with E-state index in [9.17, 15) is 18.0 Å². The number of halogens is 3. The standard InChI is InChI=1S/C16H19F3N2O/c17-13-6-10(7-20)4-5-11(13)8-21-14(22)15(9-16(15,18)19)12-2-1-3-12/h4-6,12H,1-3,7-9,20H2,(H,21,22). The van der Waals surface area contributed by atoms with E-state index in [1.54, 1.807) is 6.07 Å². The van der Waals surface area contributed by atoms with Crippen molar-refractivity contribution in [2.75, 3.05) is 0 Å². The van der Waals surface area contributed by atoms with Crippen molar-refractivity contribution in [2.45, 2.75) is 44.7 Å². The molecule has 0 aliphatic heterocycles. The molecule has 2 aliphatic carbocycles. The number of carbonyl (C=O) groups is 1. The van der Waals surface area contributed by atoms with Gasteiger partial charge in [0.05, 0.1) is 0 Å². The van der Waals surface area contributed by atoms with Crippen LogP contribution in [0.25, 0.3) is 0 Å². The highest BCUT2D eigenvalue weighted by Gasteiger charge is 2.78. The summed E-state index contributed by atoms with van der Waals surface area (Å²) < 4.78 is 41.3. The number of amides is 1. The molecular weight excluding hydrogens is 293 g/mol. The fraction of sp³-hybridized carbons (Fsp3) is 0.562. The van der Waals surface area contributed by atoms with E-state index in [-0.39, 0.29) is 31.0 Å². The zero-order valence-electron chi connectivity index (χ0n) is 12.2.